The van der Waals surface area contributed by atoms with Gasteiger partial charge in [0.15, 0.2) is 0 Å². The van der Waals surface area contributed by atoms with Crippen molar-refractivity contribution in [2.24, 2.45) is 11.8 Å². The number of unbranched alkanes of at least 4 members (excludes halogenated alkanes) is 34. The summed E-state index contributed by atoms with van der Waals surface area (Å²) < 4.78 is 11.7. The van der Waals surface area contributed by atoms with Crippen molar-refractivity contribution in [2.75, 3.05) is 13.2 Å². The highest BCUT2D eigenvalue weighted by Gasteiger charge is 2.14. The minimum atomic E-state index is 0.0314. The molecule has 0 aromatic carbocycles. The topological polar surface area (TPSA) is 52.6 Å². The Morgan fingerprint density at radius 2 is 0.458 bits per heavy atom. The van der Waals surface area contributed by atoms with Crippen LogP contribution in [0.1, 0.15) is 317 Å². The molecule has 0 aliphatic rings. The maximum absolute atomic E-state index is 12.6. The fourth-order valence-corrected chi connectivity index (χ4v) is 8.88. The Hall–Kier alpha value is -1.06. The number of ether oxygens (including phenoxy) is 2. The maximum atomic E-state index is 12.6. The molecule has 0 rings (SSSR count). The van der Waals surface area contributed by atoms with Gasteiger partial charge in [0.1, 0.15) is 0 Å². The van der Waals surface area contributed by atoms with Crippen molar-refractivity contribution in [3.63, 3.8) is 0 Å². The second-order valence-electron chi connectivity index (χ2n) is 19.1. The Labute approximate surface area is 371 Å². The van der Waals surface area contributed by atoms with Gasteiger partial charge in [-0.25, -0.2) is 0 Å². The van der Waals surface area contributed by atoms with Gasteiger partial charge in [0, 0.05) is 12.8 Å². The third-order valence-corrected chi connectivity index (χ3v) is 13.1. The molecular formula is C55H108O4. The first-order valence-corrected chi connectivity index (χ1v) is 27.4. The Morgan fingerprint density at radius 3 is 0.678 bits per heavy atom. The molecule has 0 heterocycles. The van der Waals surface area contributed by atoms with Crippen molar-refractivity contribution in [2.45, 2.75) is 317 Å². The second kappa shape index (κ2) is 49.6. The molecule has 0 amide bonds. The minimum Gasteiger partial charge on any atom is -0.465 e. The van der Waals surface area contributed by atoms with Crippen molar-refractivity contribution < 1.29 is 19.1 Å². The summed E-state index contributed by atoms with van der Waals surface area (Å²) in [6.07, 6.45) is 57.0. The van der Waals surface area contributed by atoms with Gasteiger partial charge in [0.25, 0.3) is 0 Å². The van der Waals surface area contributed by atoms with Crippen LogP contribution in [0, 0.1) is 11.8 Å². The van der Waals surface area contributed by atoms with Gasteiger partial charge >= 0.3 is 11.9 Å². The summed E-state index contributed by atoms with van der Waals surface area (Å²) >= 11 is 0. The number of carbonyl (C=O) groups is 2. The zero-order valence-electron chi connectivity index (χ0n) is 41.0. The molecule has 2 unspecified atom stereocenters. The highest BCUT2D eigenvalue weighted by molar-refractivity contribution is 5.69. The Morgan fingerprint density at radius 1 is 0.271 bits per heavy atom. The van der Waals surface area contributed by atoms with Crippen LogP contribution in [0.3, 0.4) is 0 Å². The van der Waals surface area contributed by atoms with Gasteiger partial charge in [-0.1, -0.05) is 265 Å². The van der Waals surface area contributed by atoms with Crippen molar-refractivity contribution >= 4 is 11.9 Å². The molecular weight excluding hydrogens is 725 g/mol. The van der Waals surface area contributed by atoms with Crippen molar-refractivity contribution in [3.8, 4) is 0 Å². The maximum Gasteiger partial charge on any atom is 0.305 e. The Balaban J connectivity index is 3.98. The molecule has 0 spiro atoms. The monoisotopic (exact) mass is 833 g/mol. The van der Waals surface area contributed by atoms with Crippen LogP contribution in [0.2, 0.25) is 0 Å². The average molecular weight is 833 g/mol. The lowest BCUT2D eigenvalue weighted by Gasteiger charge is -2.17. The molecule has 59 heavy (non-hydrogen) atoms. The lowest BCUT2D eigenvalue weighted by atomic mass is 9.94. The molecule has 0 saturated heterocycles. The van der Waals surface area contributed by atoms with Crippen molar-refractivity contribution in [1.29, 1.82) is 0 Å². The van der Waals surface area contributed by atoms with Gasteiger partial charge in [0.05, 0.1) is 13.2 Å². The highest BCUT2D eigenvalue weighted by atomic mass is 16.5. The molecule has 0 fully saturated rings. The van der Waals surface area contributed by atoms with E-state index in [-0.39, 0.29) is 11.9 Å². The zero-order valence-corrected chi connectivity index (χ0v) is 41.0. The largest absolute Gasteiger partial charge is 0.465 e. The third kappa shape index (κ3) is 46.3. The molecule has 2 atom stereocenters. The van der Waals surface area contributed by atoms with Crippen molar-refractivity contribution in [3.05, 3.63) is 0 Å². The summed E-state index contributed by atoms with van der Waals surface area (Å²) in [6.45, 7) is 10.4. The lowest BCUT2D eigenvalue weighted by molar-refractivity contribution is -0.146. The molecule has 0 N–H and O–H groups in total. The smallest absolute Gasteiger partial charge is 0.305 e. The summed E-state index contributed by atoms with van der Waals surface area (Å²) in [5.41, 5.74) is 0. The van der Waals surface area contributed by atoms with Gasteiger partial charge in [-0.05, 0) is 50.4 Å². The standard InChI is InChI=1S/C55H108O4/c1-5-9-13-17-21-28-34-40-46-52(44-38-32-19-15-11-7-3)50-58-54(56)48-42-36-30-26-24-23-25-27-31-37-43-49-55(57)59-51-53(45-39-33-20-16-12-8-4)47-41-35-29-22-18-14-10-6-2/h52-53H,5-51H2,1-4H3. The molecule has 4 nitrogen and oxygen atoms in total. The van der Waals surface area contributed by atoms with E-state index in [0.29, 0.717) is 37.9 Å². The minimum absolute atomic E-state index is 0.0314. The SMILES string of the molecule is CCCCCCCCCCC(CCCCCCCC)COC(=O)CCCCCCCCCCCCCC(=O)OCC(CCCCCCCC)CCCCCCCCCC. The van der Waals surface area contributed by atoms with E-state index in [4.69, 9.17) is 9.47 Å². The summed E-state index contributed by atoms with van der Waals surface area (Å²) in [6, 6.07) is 0. The van der Waals surface area contributed by atoms with Gasteiger partial charge in [-0.2, -0.15) is 0 Å². The molecule has 4 heteroatoms. The quantitative estimate of drug-likeness (QED) is 0.0453. The molecule has 0 aromatic rings. The van der Waals surface area contributed by atoms with Crippen LogP contribution in [0.5, 0.6) is 0 Å². The number of rotatable bonds is 50. The van der Waals surface area contributed by atoms with Crippen LogP contribution in [0.15, 0.2) is 0 Å². The van der Waals surface area contributed by atoms with Crippen LogP contribution >= 0.6 is 0 Å². The summed E-state index contributed by atoms with van der Waals surface area (Å²) in [4.78, 5) is 25.2. The molecule has 0 saturated carbocycles. The van der Waals surface area contributed by atoms with E-state index in [0.717, 1.165) is 25.7 Å². The molecule has 0 aliphatic heterocycles. The number of esters is 2. The number of carbonyl (C=O) groups excluding carboxylic acids is 2. The first-order chi connectivity index (χ1) is 29.1. The van der Waals surface area contributed by atoms with Crippen LogP contribution in [-0.4, -0.2) is 25.2 Å². The molecule has 352 valence electrons. The fourth-order valence-electron chi connectivity index (χ4n) is 8.88. The summed E-state index contributed by atoms with van der Waals surface area (Å²) in [5.74, 6) is 1.17. The van der Waals surface area contributed by atoms with Crippen LogP contribution in [0.4, 0.5) is 0 Å². The van der Waals surface area contributed by atoms with E-state index < -0.39 is 0 Å². The van der Waals surface area contributed by atoms with E-state index >= 15 is 0 Å². The predicted octanol–water partition coefficient (Wildman–Crippen LogP) is 18.9. The van der Waals surface area contributed by atoms with E-state index in [9.17, 15) is 9.59 Å². The first-order valence-electron chi connectivity index (χ1n) is 27.4. The Kier molecular flexibility index (Phi) is 48.7. The first kappa shape index (κ1) is 57.9. The lowest BCUT2D eigenvalue weighted by Crippen LogP contribution is -2.14. The van der Waals surface area contributed by atoms with E-state index in [1.807, 2.05) is 0 Å². The summed E-state index contributed by atoms with van der Waals surface area (Å²) in [7, 11) is 0. The number of hydrogen-bond donors (Lipinski definition) is 0. The Bertz CT molecular complexity index is 760. The third-order valence-electron chi connectivity index (χ3n) is 13.1. The van der Waals surface area contributed by atoms with Gasteiger partial charge in [-0.15, -0.1) is 0 Å². The van der Waals surface area contributed by atoms with Gasteiger partial charge < -0.3 is 9.47 Å². The van der Waals surface area contributed by atoms with Gasteiger partial charge in [0.2, 0.25) is 0 Å². The predicted molar refractivity (Wildman–Crippen MR) is 259 cm³/mol. The van der Waals surface area contributed by atoms with E-state index in [1.165, 1.54) is 250 Å². The van der Waals surface area contributed by atoms with Crippen LogP contribution < -0.4 is 0 Å². The molecule has 0 radical (unpaired) electrons. The molecule has 0 bridgehead atoms. The second-order valence-corrected chi connectivity index (χ2v) is 19.1. The van der Waals surface area contributed by atoms with Crippen molar-refractivity contribution in [1.82, 2.24) is 0 Å². The van der Waals surface area contributed by atoms with Crippen LogP contribution in [-0.2, 0) is 19.1 Å². The molecule has 0 aromatic heterocycles. The van der Waals surface area contributed by atoms with E-state index in [1.54, 1.807) is 0 Å². The highest BCUT2D eigenvalue weighted by Crippen LogP contribution is 2.23. The fraction of sp³-hybridized carbons (Fsp3) is 0.964. The van der Waals surface area contributed by atoms with E-state index in [2.05, 4.69) is 27.7 Å². The van der Waals surface area contributed by atoms with Gasteiger partial charge in [-0.3, -0.25) is 9.59 Å². The average Bonchev–Trinajstić information content (AvgIpc) is 3.24. The molecule has 0 aliphatic carbocycles. The van der Waals surface area contributed by atoms with Crippen LogP contribution in [0.25, 0.3) is 0 Å². The number of hydrogen-bond acceptors (Lipinski definition) is 4. The summed E-state index contributed by atoms with van der Waals surface area (Å²) in [5, 5.41) is 0. The zero-order chi connectivity index (χ0) is 43.0. The normalized spacial score (nSPS) is 12.5.